The van der Waals surface area contributed by atoms with E-state index < -0.39 is 16.1 Å². The average Bonchev–Trinajstić information content (AvgIpc) is 2.90. The molecule has 1 aliphatic heterocycles. The minimum atomic E-state index is -3.79. The van der Waals surface area contributed by atoms with Crippen LogP contribution in [0.25, 0.3) is 0 Å². The molecule has 0 radical (unpaired) electrons. The number of benzene rings is 1. The predicted octanol–water partition coefficient (Wildman–Crippen LogP) is 1.26. The van der Waals surface area contributed by atoms with Crippen LogP contribution in [0.1, 0.15) is 49.4 Å². The molecule has 7 nitrogen and oxygen atoms in total. The van der Waals surface area contributed by atoms with Gasteiger partial charge in [-0.1, -0.05) is 13.0 Å². The minimum absolute atomic E-state index is 0.0341. The van der Waals surface area contributed by atoms with E-state index in [1.54, 1.807) is 17.0 Å². The quantitative estimate of drug-likeness (QED) is 0.745. The van der Waals surface area contributed by atoms with Gasteiger partial charge in [0.05, 0.1) is 4.90 Å². The van der Waals surface area contributed by atoms with Gasteiger partial charge in [-0.3, -0.25) is 9.59 Å². The van der Waals surface area contributed by atoms with Gasteiger partial charge in [0.1, 0.15) is 0 Å². The number of nitrogens with one attached hydrogen (secondary N) is 2. The molecule has 1 atom stereocenters. The number of likely N-dealkylation sites (tertiary alicyclic amines) is 1. The van der Waals surface area contributed by atoms with Crippen molar-refractivity contribution in [1.29, 1.82) is 0 Å². The van der Waals surface area contributed by atoms with Crippen molar-refractivity contribution in [3.8, 4) is 0 Å². The summed E-state index contributed by atoms with van der Waals surface area (Å²) in [6.45, 7) is 2.99. The molecule has 1 aromatic rings. The van der Waals surface area contributed by atoms with Gasteiger partial charge in [-0.15, -0.1) is 0 Å². The van der Waals surface area contributed by atoms with Crippen LogP contribution < -0.4 is 10.0 Å². The van der Waals surface area contributed by atoms with E-state index in [4.69, 9.17) is 0 Å². The van der Waals surface area contributed by atoms with E-state index in [0.29, 0.717) is 18.7 Å². The van der Waals surface area contributed by atoms with Gasteiger partial charge in [-0.25, -0.2) is 13.1 Å². The van der Waals surface area contributed by atoms with Crippen molar-refractivity contribution in [2.45, 2.75) is 56.0 Å². The number of hydrogen-bond donors (Lipinski definition) is 2. The molecule has 2 N–H and O–H groups in total. The Balaban J connectivity index is 1.68. The Bertz CT molecular complexity index is 789. The van der Waals surface area contributed by atoms with Crippen LogP contribution in [-0.2, 0) is 14.8 Å². The van der Waals surface area contributed by atoms with Crippen molar-refractivity contribution in [3.63, 3.8) is 0 Å². The summed E-state index contributed by atoms with van der Waals surface area (Å²) in [5.74, 6) is -0.287. The fraction of sp³-hybridized carbons (Fsp3) is 0.556. The summed E-state index contributed by atoms with van der Waals surface area (Å²) in [5.41, 5.74) is 0.329. The molecule has 1 saturated heterocycles. The number of carbonyl (C=O) groups excluding carboxylic acids is 2. The van der Waals surface area contributed by atoms with Crippen molar-refractivity contribution >= 4 is 21.8 Å². The van der Waals surface area contributed by atoms with Crippen molar-refractivity contribution in [3.05, 3.63) is 29.8 Å². The van der Waals surface area contributed by atoms with Crippen molar-refractivity contribution in [2.24, 2.45) is 0 Å². The smallest absolute Gasteiger partial charge is 0.251 e. The van der Waals surface area contributed by atoms with E-state index in [1.807, 2.05) is 6.92 Å². The molecule has 2 fully saturated rings. The van der Waals surface area contributed by atoms with Crippen LogP contribution in [0.5, 0.6) is 0 Å². The highest BCUT2D eigenvalue weighted by Crippen LogP contribution is 2.20. The van der Waals surface area contributed by atoms with Gasteiger partial charge in [0.25, 0.3) is 5.91 Å². The second kappa shape index (κ2) is 7.75. The highest BCUT2D eigenvalue weighted by atomic mass is 32.2. The van der Waals surface area contributed by atoms with E-state index in [0.717, 1.165) is 25.7 Å². The minimum Gasteiger partial charge on any atom is -0.349 e. The molecule has 1 aromatic carbocycles. The molecule has 0 aromatic heterocycles. The molecule has 1 aliphatic carbocycles. The van der Waals surface area contributed by atoms with Crippen molar-refractivity contribution in [2.75, 3.05) is 13.1 Å². The topological polar surface area (TPSA) is 95.6 Å². The molecule has 0 bridgehead atoms. The van der Waals surface area contributed by atoms with E-state index in [2.05, 4.69) is 10.0 Å². The summed E-state index contributed by atoms with van der Waals surface area (Å²) >= 11 is 0. The first-order chi connectivity index (χ1) is 12.4. The van der Waals surface area contributed by atoms with E-state index in [-0.39, 0.29) is 29.2 Å². The van der Waals surface area contributed by atoms with Gasteiger partial charge in [-0.2, -0.15) is 0 Å². The second-order valence-electron chi connectivity index (χ2n) is 6.99. The van der Waals surface area contributed by atoms with Gasteiger partial charge in [0.15, 0.2) is 0 Å². The number of amides is 2. The summed E-state index contributed by atoms with van der Waals surface area (Å²) in [4.78, 5) is 25.9. The normalized spacial score (nSPS) is 20.9. The highest BCUT2D eigenvalue weighted by molar-refractivity contribution is 7.89. The molecule has 8 heteroatoms. The maximum Gasteiger partial charge on any atom is 0.251 e. The maximum absolute atomic E-state index is 12.7. The monoisotopic (exact) mass is 379 g/mol. The van der Waals surface area contributed by atoms with Gasteiger partial charge in [0.2, 0.25) is 15.9 Å². The van der Waals surface area contributed by atoms with Gasteiger partial charge < -0.3 is 10.2 Å². The van der Waals surface area contributed by atoms with Crippen LogP contribution in [0.2, 0.25) is 0 Å². The zero-order valence-corrected chi connectivity index (χ0v) is 15.7. The molecule has 3 rings (SSSR count). The first-order valence-electron chi connectivity index (χ1n) is 9.10. The first-order valence-corrected chi connectivity index (χ1v) is 10.6. The summed E-state index contributed by atoms with van der Waals surface area (Å²) < 4.78 is 27.9. The lowest BCUT2D eigenvalue weighted by atomic mass is 9.93. The molecule has 1 heterocycles. The Kier molecular flexibility index (Phi) is 5.62. The Hall–Kier alpha value is -1.93. The number of sulfonamides is 1. The van der Waals surface area contributed by atoms with Crippen molar-refractivity contribution < 1.29 is 18.0 Å². The van der Waals surface area contributed by atoms with Gasteiger partial charge >= 0.3 is 0 Å². The zero-order chi connectivity index (χ0) is 18.7. The standard InChI is InChI=1S/C18H25N3O4S/c1-2-9-21-12-15(11-17(21)22)20-26(24,25)16-8-3-5-13(10-16)18(23)19-14-6-4-7-14/h3,5,8,10,14-15,20H,2,4,6-7,9,11-12H2,1H3,(H,19,23)/t15-/m0/s1. The van der Waals surface area contributed by atoms with Crippen LogP contribution >= 0.6 is 0 Å². The van der Waals surface area contributed by atoms with Crippen LogP contribution in [0.4, 0.5) is 0 Å². The zero-order valence-electron chi connectivity index (χ0n) is 14.9. The molecular formula is C18H25N3O4S. The van der Waals surface area contributed by atoms with Crippen LogP contribution in [0, 0.1) is 0 Å². The Labute approximate surface area is 154 Å². The summed E-state index contributed by atoms with van der Waals surface area (Å²) in [5, 5.41) is 2.90. The number of carbonyl (C=O) groups is 2. The Morgan fingerprint density at radius 1 is 1.27 bits per heavy atom. The molecule has 142 valence electrons. The van der Waals surface area contributed by atoms with E-state index in [1.165, 1.54) is 12.1 Å². The van der Waals surface area contributed by atoms with Crippen LogP contribution in [0.3, 0.4) is 0 Å². The summed E-state index contributed by atoms with van der Waals surface area (Å²) in [6.07, 6.45) is 4.05. The third kappa shape index (κ3) is 4.24. The largest absolute Gasteiger partial charge is 0.349 e. The SMILES string of the molecule is CCCN1C[C@@H](NS(=O)(=O)c2cccc(C(=O)NC3CCC3)c2)CC1=O. The molecular weight excluding hydrogens is 354 g/mol. The maximum atomic E-state index is 12.7. The lowest BCUT2D eigenvalue weighted by Crippen LogP contribution is -2.39. The fourth-order valence-electron chi connectivity index (χ4n) is 3.25. The molecule has 0 spiro atoms. The average molecular weight is 379 g/mol. The van der Waals surface area contributed by atoms with Gasteiger partial charge in [-0.05, 0) is 43.9 Å². The molecule has 2 amide bonds. The number of rotatable bonds is 7. The molecule has 0 unspecified atom stereocenters. The lowest BCUT2D eigenvalue weighted by Gasteiger charge is -2.26. The van der Waals surface area contributed by atoms with Crippen LogP contribution in [-0.4, -0.2) is 50.3 Å². The Morgan fingerprint density at radius 3 is 2.69 bits per heavy atom. The van der Waals surface area contributed by atoms with Crippen LogP contribution in [0.15, 0.2) is 29.2 Å². The van der Waals surface area contributed by atoms with E-state index >= 15 is 0 Å². The van der Waals surface area contributed by atoms with E-state index in [9.17, 15) is 18.0 Å². The second-order valence-corrected chi connectivity index (χ2v) is 8.71. The van der Waals surface area contributed by atoms with Crippen molar-refractivity contribution in [1.82, 2.24) is 14.9 Å². The number of hydrogen-bond acceptors (Lipinski definition) is 4. The molecule has 2 aliphatic rings. The first kappa shape index (κ1) is 18.8. The summed E-state index contributed by atoms with van der Waals surface area (Å²) in [7, 11) is -3.79. The number of nitrogens with zero attached hydrogens (tertiary/aromatic N) is 1. The molecule has 26 heavy (non-hydrogen) atoms. The molecule has 1 saturated carbocycles. The van der Waals surface area contributed by atoms with Gasteiger partial charge in [0, 0.05) is 37.2 Å². The summed E-state index contributed by atoms with van der Waals surface area (Å²) in [6, 6.07) is 5.77. The fourth-order valence-corrected chi connectivity index (χ4v) is 4.52. The highest BCUT2D eigenvalue weighted by Gasteiger charge is 2.32. The third-order valence-electron chi connectivity index (χ3n) is 4.88. The Morgan fingerprint density at radius 2 is 2.04 bits per heavy atom. The third-order valence-corrected chi connectivity index (χ3v) is 6.39. The predicted molar refractivity (Wildman–Crippen MR) is 97.1 cm³/mol. The lowest BCUT2D eigenvalue weighted by molar-refractivity contribution is -0.127.